The Bertz CT molecular complexity index is 634. The summed E-state index contributed by atoms with van der Waals surface area (Å²) in [4.78, 5) is 23.5. The molecule has 1 aromatic rings. The second kappa shape index (κ2) is 7.75. The SMILES string of the molecule is COC(C)(CC(C)C)C(=O)Nc1ccc(OC(C)=O)c(C#N)c1. The number of hydrogen-bond donors (Lipinski definition) is 1. The topological polar surface area (TPSA) is 88.4 Å². The number of amides is 1. The minimum absolute atomic E-state index is 0.162. The van der Waals surface area contributed by atoms with Gasteiger partial charge in [-0.05, 0) is 37.5 Å². The fourth-order valence-electron chi connectivity index (χ4n) is 2.25. The molecule has 1 aromatic carbocycles. The van der Waals surface area contributed by atoms with Gasteiger partial charge in [-0.2, -0.15) is 5.26 Å². The molecule has 124 valence electrons. The van der Waals surface area contributed by atoms with Gasteiger partial charge in [0.15, 0.2) is 0 Å². The van der Waals surface area contributed by atoms with Gasteiger partial charge in [0.05, 0.1) is 5.56 Å². The van der Waals surface area contributed by atoms with Crippen molar-refractivity contribution in [3.63, 3.8) is 0 Å². The Labute approximate surface area is 136 Å². The average Bonchev–Trinajstić information content (AvgIpc) is 2.47. The molecule has 0 saturated heterocycles. The Balaban J connectivity index is 2.98. The molecule has 1 atom stereocenters. The molecule has 0 bridgehead atoms. The van der Waals surface area contributed by atoms with Crippen molar-refractivity contribution >= 4 is 17.6 Å². The predicted molar refractivity (Wildman–Crippen MR) is 86.0 cm³/mol. The smallest absolute Gasteiger partial charge is 0.308 e. The number of benzene rings is 1. The van der Waals surface area contributed by atoms with Gasteiger partial charge >= 0.3 is 5.97 Å². The maximum Gasteiger partial charge on any atom is 0.308 e. The molecule has 0 aliphatic heterocycles. The molecular weight excluding hydrogens is 296 g/mol. The van der Waals surface area contributed by atoms with Crippen LogP contribution >= 0.6 is 0 Å². The van der Waals surface area contributed by atoms with E-state index in [0.717, 1.165) is 0 Å². The van der Waals surface area contributed by atoms with Crippen LogP contribution in [0.5, 0.6) is 5.75 Å². The third-order valence-corrected chi connectivity index (χ3v) is 3.34. The van der Waals surface area contributed by atoms with Crippen molar-refractivity contribution in [2.24, 2.45) is 5.92 Å². The molecule has 0 heterocycles. The first-order chi connectivity index (χ1) is 10.7. The van der Waals surface area contributed by atoms with Crippen molar-refractivity contribution in [2.75, 3.05) is 12.4 Å². The Morgan fingerprint density at radius 3 is 2.52 bits per heavy atom. The number of nitriles is 1. The summed E-state index contributed by atoms with van der Waals surface area (Å²) in [5.74, 6) is -0.360. The van der Waals surface area contributed by atoms with Gasteiger partial charge in [0.2, 0.25) is 0 Å². The van der Waals surface area contributed by atoms with E-state index in [0.29, 0.717) is 12.1 Å². The summed E-state index contributed by atoms with van der Waals surface area (Å²) in [5.41, 5.74) is -0.356. The van der Waals surface area contributed by atoms with Gasteiger partial charge in [0.1, 0.15) is 17.4 Å². The van der Waals surface area contributed by atoms with Crippen LogP contribution in [0, 0.1) is 17.2 Å². The molecule has 1 N–H and O–H groups in total. The first-order valence-electron chi connectivity index (χ1n) is 7.31. The average molecular weight is 318 g/mol. The third kappa shape index (κ3) is 5.08. The van der Waals surface area contributed by atoms with Gasteiger partial charge in [0, 0.05) is 19.7 Å². The number of nitrogens with zero attached hydrogens (tertiary/aromatic N) is 1. The van der Waals surface area contributed by atoms with E-state index < -0.39 is 11.6 Å². The van der Waals surface area contributed by atoms with Crippen LogP contribution in [-0.2, 0) is 14.3 Å². The quantitative estimate of drug-likeness (QED) is 0.643. The minimum atomic E-state index is -0.963. The molecule has 0 spiro atoms. The number of ether oxygens (including phenoxy) is 2. The van der Waals surface area contributed by atoms with Crippen LogP contribution in [0.15, 0.2) is 18.2 Å². The molecule has 6 heteroatoms. The molecule has 0 saturated carbocycles. The number of methoxy groups -OCH3 is 1. The molecule has 0 aliphatic carbocycles. The molecule has 23 heavy (non-hydrogen) atoms. The highest BCUT2D eigenvalue weighted by molar-refractivity contribution is 5.97. The Morgan fingerprint density at radius 2 is 2.04 bits per heavy atom. The van der Waals surface area contributed by atoms with Crippen molar-refractivity contribution in [1.29, 1.82) is 5.26 Å². The maximum atomic E-state index is 12.5. The zero-order valence-electron chi connectivity index (χ0n) is 14.1. The summed E-state index contributed by atoms with van der Waals surface area (Å²) in [6, 6.07) is 6.45. The van der Waals surface area contributed by atoms with Crippen LogP contribution in [0.2, 0.25) is 0 Å². The van der Waals surface area contributed by atoms with Crippen LogP contribution in [0.3, 0.4) is 0 Å². The largest absolute Gasteiger partial charge is 0.425 e. The molecule has 1 rings (SSSR count). The van der Waals surface area contributed by atoms with E-state index in [2.05, 4.69) is 5.32 Å². The molecule has 0 fully saturated rings. The summed E-state index contributed by atoms with van der Waals surface area (Å²) in [7, 11) is 1.49. The molecular formula is C17H22N2O4. The maximum absolute atomic E-state index is 12.5. The van der Waals surface area contributed by atoms with E-state index in [1.807, 2.05) is 19.9 Å². The predicted octanol–water partition coefficient (Wildman–Crippen LogP) is 2.87. The highest BCUT2D eigenvalue weighted by atomic mass is 16.5. The van der Waals surface area contributed by atoms with Crippen molar-refractivity contribution in [3.8, 4) is 11.8 Å². The third-order valence-electron chi connectivity index (χ3n) is 3.34. The van der Waals surface area contributed by atoms with Crippen molar-refractivity contribution in [2.45, 2.75) is 39.7 Å². The molecule has 1 amide bonds. The summed E-state index contributed by atoms with van der Waals surface area (Å²) in [5, 5.41) is 11.9. The van der Waals surface area contributed by atoms with E-state index in [9.17, 15) is 9.59 Å². The Hall–Kier alpha value is -2.39. The van der Waals surface area contributed by atoms with Gasteiger partial charge in [-0.15, -0.1) is 0 Å². The monoisotopic (exact) mass is 318 g/mol. The Kier molecular flexibility index (Phi) is 6.28. The second-order valence-electron chi connectivity index (χ2n) is 5.90. The first-order valence-corrected chi connectivity index (χ1v) is 7.31. The van der Waals surface area contributed by atoms with E-state index in [4.69, 9.17) is 14.7 Å². The highest BCUT2D eigenvalue weighted by Crippen LogP contribution is 2.25. The van der Waals surface area contributed by atoms with Crippen LogP contribution in [-0.4, -0.2) is 24.6 Å². The summed E-state index contributed by atoms with van der Waals surface area (Å²) < 4.78 is 10.3. The van der Waals surface area contributed by atoms with E-state index in [-0.39, 0.29) is 23.1 Å². The lowest BCUT2D eigenvalue weighted by molar-refractivity contribution is -0.137. The van der Waals surface area contributed by atoms with Gasteiger partial charge in [-0.3, -0.25) is 9.59 Å². The summed E-state index contributed by atoms with van der Waals surface area (Å²) in [6.45, 7) is 6.99. The van der Waals surface area contributed by atoms with Crippen LogP contribution < -0.4 is 10.1 Å². The van der Waals surface area contributed by atoms with E-state index in [1.54, 1.807) is 13.0 Å². The zero-order chi connectivity index (χ0) is 17.6. The van der Waals surface area contributed by atoms with E-state index >= 15 is 0 Å². The van der Waals surface area contributed by atoms with Crippen molar-refractivity contribution in [1.82, 2.24) is 0 Å². The minimum Gasteiger partial charge on any atom is -0.425 e. The normalized spacial score (nSPS) is 13.1. The molecule has 0 radical (unpaired) electrons. The van der Waals surface area contributed by atoms with Crippen LogP contribution in [0.4, 0.5) is 5.69 Å². The van der Waals surface area contributed by atoms with Gasteiger partial charge in [0.25, 0.3) is 5.91 Å². The number of carbonyl (C=O) groups is 2. The number of hydrogen-bond acceptors (Lipinski definition) is 5. The Morgan fingerprint density at radius 1 is 1.39 bits per heavy atom. The molecule has 6 nitrogen and oxygen atoms in total. The lowest BCUT2D eigenvalue weighted by Gasteiger charge is -2.28. The molecule has 1 unspecified atom stereocenters. The van der Waals surface area contributed by atoms with Gasteiger partial charge in [-0.1, -0.05) is 13.8 Å². The number of rotatable bonds is 6. The van der Waals surface area contributed by atoms with E-state index in [1.165, 1.54) is 26.2 Å². The summed E-state index contributed by atoms with van der Waals surface area (Å²) >= 11 is 0. The first kappa shape index (κ1) is 18.7. The summed E-state index contributed by atoms with van der Waals surface area (Å²) in [6.07, 6.45) is 0.561. The zero-order valence-corrected chi connectivity index (χ0v) is 14.1. The lowest BCUT2D eigenvalue weighted by atomic mass is 9.93. The lowest BCUT2D eigenvalue weighted by Crippen LogP contribution is -2.43. The van der Waals surface area contributed by atoms with Crippen LogP contribution in [0.1, 0.15) is 39.7 Å². The standard InChI is InChI=1S/C17H22N2O4/c1-11(2)9-17(4,22-5)16(21)19-14-6-7-15(23-12(3)20)13(8-14)10-18/h6-8,11H,9H2,1-5H3,(H,19,21). The fourth-order valence-corrected chi connectivity index (χ4v) is 2.25. The second-order valence-corrected chi connectivity index (χ2v) is 5.90. The number of anilines is 1. The molecule has 0 aromatic heterocycles. The molecule has 0 aliphatic rings. The number of nitrogens with one attached hydrogen (secondary N) is 1. The fraction of sp³-hybridized carbons (Fsp3) is 0.471. The highest BCUT2D eigenvalue weighted by Gasteiger charge is 2.34. The van der Waals surface area contributed by atoms with Crippen LogP contribution in [0.25, 0.3) is 0 Å². The van der Waals surface area contributed by atoms with Gasteiger partial charge in [-0.25, -0.2) is 0 Å². The number of carbonyl (C=O) groups excluding carboxylic acids is 2. The van der Waals surface area contributed by atoms with Crippen molar-refractivity contribution < 1.29 is 19.1 Å². The number of esters is 1. The van der Waals surface area contributed by atoms with Crippen molar-refractivity contribution in [3.05, 3.63) is 23.8 Å². The van der Waals surface area contributed by atoms with Gasteiger partial charge < -0.3 is 14.8 Å².